The third kappa shape index (κ3) is 4.74. The molecule has 0 atom stereocenters. The number of benzene rings is 2. The van der Waals surface area contributed by atoms with E-state index >= 15 is 0 Å². The molecule has 0 aliphatic carbocycles. The number of hydrogen-bond acceptors (Lipinski definition) is 6. The zero-order valence-corrected chi connectivity index (χ0v) is 22.0. The van der Waals surface area contributed by atoms with E-state index in [4.69, 9.17) is 20.2 Å². The zero-order chi connectivity index (χ0) is 27.0. The maximum Gasteiger partial charge on any atom is 0.322 e. The summed E-state index contributed by atoms with van der Waals surface area (Å²) < 4.78 is 5.39. The Morgan fingerprint density at radius 3 is 2.58 bits per heavy atom. The van der Waals surface area contributed by atoms with Crippen molar-refractivity contribution in [3.63, 3.8) is 0 Å². The lowest BCUT2D eigenvalue weighted by molar-refractivity contribution is 0.1000. The number of aryl methyl sites for hydroxylation is 4. The third-order valence-corrected chi connectivity index (χ3v) is 6.94. The Morgan fingerprint density at radius 2 is 1.89 bits per heavy atom. The molecular formula is C29H30N6O3. The van der Waals surface area contributed by atoms with E-state index in [0.717, 1.165) is 44.9 Å². The molecule has 38 heavy (non-hydrogen) atoms. The summed E-state index contributed by atoms with van der Waals surface area (Å²) in [4.78, 5) is 36.8. The molecule has 4 aromatic rings. The van der Waals surface area contributed by atoms with Crippen LogP contribution in [0.15, 0.2) is 47.0 Å². The highest BCUT2D eigenvalue weighted by Crippen LogP contribution is 2.34. The molecule has 0 saturated carbocycles. The second-order valence-corrected chi connectivity index (χ2v) is 9.57. The van der Waals surface area contributed by atoms with Crippen LogP contribution in [0.2, 0.25) is 0 Å². The van der Waals surface area contributed by atoms with Crippen LogP contribution in [0.4, 0.5) is 10.5 Å². The van der Waals surface area contributed by atoms with Crippen molar-refractivity contribution in [2.75, 3.05) is 11.9 Å². The van der Waals surface area contributed by atoms with E-state index in [1.165, 1.54) is 0 Å². The van der Waals surface area contributed by atoms with Gasteiger partial charge in [0.1, 0.15) is 5.76 Å². The molecule has 2 aromatic heterocycles. The van der Waals surface area contributed by atoms with Gasteiger partial charge in [0.15, 0.2) is 5.82 Å². The van der Waals surface area contributed by atoms with Crippen LogP contribution < -0.4 is 11.1 Å². The highest BCUT2D eigenvalue weighted by Gasteiger charge is 2.28. The van der Waals surface area contributed by atoms with Crippen LogP contribution >= 0.6 is 0 Å². The molecule has 0 fully saturated rings. The Bertz CT molecular complexity index is 1540. The molecule has 194 valence electrons. The summed E-state index contributed by atoms with van der Waals surface area (Å²) >= 11 is 0. The number of rotatable bonds is 5. The van der Waals surface area contributed by atoms with E-state index in [1.807, 2.05) is 58.0 Å². The first-order valence-electron chi connectivity index (χ1n) is 12.6. The molecule has 5 rings (SSSR count). The Kier molecular flexibility index (Phi) is 6.67. The van der Waals surface area contributed by atoms with Gasteiger partial charge in [-0.25, -0.2) is 14.8 Å². The summed E-state index contributed by atoms with van der Waals surface area (Å²) in [6.07, 6.45) is 1.29. The van der Waals surface area contributed by atoms with E-state index in [9.17, 15) is 9.59 Å². The summed E-state index contributed by atoms with van der Waals surface area (Å²) in [6.45, 7) is 8.60. The van der Waals surface area contributed by atoms with Crippen LogP contribution in [0, 0.1) is 20.8 Å². The van der Waals surface area contributed by atoms with Gasteiger partial charge in [-0.15, -0.1) is 0 Å². The van der Waals surface area contributed by atoms with E-state index < -0.39 is 5.91 Å². The molecule has 3 amide bonds. The number of anilines is 1. The SMILES string of the molecule is CCc1cc(NC(=O)N2CCc3nc(-c4c(C)noc4C)nc(-c4ccccc4C)c3C2)cc(C(N)=O)c1. The molecule has 0 bridgehead atoms. The lowest BCUT2D eigenvalue weighted by Gasteiger charge is -2.30. The topological polar surface area (TPSA) is 127 Å². The highest BCUT2D eigenvalue weighted by molar-refractivity contribution is 5.96. The standard InChI is InChI=1S/C29H30N6O3/c1-5-19-12-20(27(30)36)14-21(13-19)31-29(37)35-11-10-24-23(15-35)26(22-9-7-6-8-16(22)2)33-28(32-24)25-17(3)34-38-18(25)4/h6-9,12-14H,5,10-11,15H2,1-4H3,(H2,30,36)(H,31,37). The van der Waals surface area contributed by atoms with E-state index in [-0.39, 0.29) is 6.03 Å². The highest BCUT2D eigenvalue weighted by atomic mass is 16.5. The van der Waals surface area contributed by atoms with Crippen LogP contribution in [0.3, 0.4) is 0 Å². The predicted octanol–water partition coefficient (Wildman–Crippen LogP) is 4.98. The summed E-state index contributed by atoms with van der Waals surface area (Å²) in [5.74, 6) is 0.711. The van der Waals surface area contributed by atoms with Crippen LogP contribution in [-0.4, -0.2) is 38.5 Å². The molecule has 3 N–H and O–H groups in total. The maximum absolute atomic E-state index is 13.4. The smallest absolute Gasteiger partial charge is 0.322 e. The maximum atomic E-state index is 13.4. The Morgan fingerprint density at radius 1 is 1.11 bits per heavy atom. The number of urea groups is 1. The zero-order valence-electron chi connectivity index (χ0n) is 22.0. The van der Waals surface area contributed by atoms with Crippen LogP contribution in [0.1, 0.15) is 51.1 Å². The van der Waals surface area contributed by atoms with Crippen LogP contribution in [0.25, 0.3) is 22.6 Å². The monoisotopic (exact) mass is 510 g/mol. The minimum Gasteiger partial charge on any atom is -0.366 e. The summed E-state index contributed by atoms with van der Waals surface area (Å²) in [5.41, 5.74) is 13.5. The first kappa shape index (κ1) is 25.1. The van der Waals surface area contributed by atoms with E-state index in [1.54, 1.807) is 17.0 Å². The van der Waals surface area contributed by atoms with Crippen molar-refractivity contribution in [1.29, 1.82) is 0 Å². The fraction of sp³-hybridized carbons (Fsp3) is 0.276. The number of nitrogens with zero attached hydrogens (tertiary/aromatic N) is 4. The van der Waals surface area contributed by atoms with Gasteiger partial charge in [-0.1, -0.05) is 36.3 Å². The van der Waals surface area contributed by atoms with Gasteiger partial charge < -0.3 is 20.5 Å². The van der Waals surface area contributed by atoms with Gasteiger partial charge in [-0.3, -0.25) is 4.79 Å². The molecule has 0 saturated heterocycles. The fourth-order valence-electron chi connectivity index (χ4n) is 4.88. The fourth-order valence-corrected chi connectivity index (χ4v) is 4.88. The van der Waals surface area contributed by atoms with Gasteiger partial charge in [-0.05, 0) is 56.5 Å². The molecule has 3 heterocycles. The quantitative estimate of drug-likeness (QED) is 0.390. The lowest BCUT2D eigenvalue weighted by atomic mass is 9.96. The van der Waals surface area contributed by atoms with Crippen molar-refractivity contribution in [3.8, 4) is 22.6 Å². The number of nitrogens with two attached hydrogens (primary N) is 1. The van der Waals surface area contributed by atoms with E-state index in [2.05, 4.69) is 10.5 Å². The second-order valence-electron chi connectivity index (χ2n) is 9.57. The van der Waals surface area contributed by atoms with Crippen molar-refractivity contribution in [1.82, 2.24) is 20.0 Å². The van der Waals surface area contributed by atoms with Crippen molar-refractivity contribution < 1.29 is 14.1 Å². The van der Waals surface area contributed by atoms with Gasteiger partial charge in [-0.2, -0.15) is 0 Å². The lowest BCUT2D eigenvalue weighted by Crippen LogP contribution is -2.39. The molecule has 1 aliphatic rings. The van der Waals surface area contributed by atoms with Gasteiger partial charge >= 0.3 is 6.03 Å². The van der Waals surface area contributed by atoms with Gasteiger partial charge in [0, 0.05) is 35.3 Å². The number of carbonyl (C=O) groups excluding carboxylic acids is 2. The Labute approximate surface area is 221 Å². The molecule has 9 nitrogen and oxygen atoms in total. The minimum absolute atomic E-state index is 0.259. The van der Waals surface area contributed by atoms with Gasteiger partial charge in [0.25, 0.3) is 0 Å². The Hall–Kier alpha value is -4.53. The van der Waals surface area contributed by atoms with E-state index in [0.29, 0.717) is 48.8 Å². The summed E-state index contributed by atoms with van der Waals surface area (Å²) in [5, 5.41) is 7.03. The summed E-state index contributed by atoms with van der Waals surface area (Å²) in [7, 11) is 0. The summed E-state index contributed by atoms with van der Waals surface area (Å²) in [6, 6.07) is 13.0. The van der Waals surface area contributed by atoms with Crippen LogP contribution in [0.5, 0.6) is 0 Å². The molecule has 0 spiro atoms. The molecule has 2 aromatic carbocycles. The number of fused-ring (bicyclic) bond motifs is 1. The number of aromatic nitrogens is 3. The molecule has 0 unspecified atom stereocenters. The largest absolute Gasteiger partial charge is 0.366 e. The first-order chi connectivity index (χ1) is 18.2. The molecule has 1 aliphatic heterocycles. The number of carbonyl (C=O) groups is 2. The van der Waals surface area contributed by atoms with Crippen molar-refractivity contribution >= 4 is 17.6 Å². The third-order valence-electron chi connectivity index (χ3n) is 6.94. The molecule has 0 radical (unpaired) electrons. The number of nitrogens with one attached hydrogen (secondary N) is 1. The average Bonchev–Trinajstić information content (AvgIpc) is 3.25. The number of amides is 3. The molecular weight excluding hydrogens is 480 g/mol. The number of hydrogen-bond donors (Lipinski definition) is 2. The predicted molar refractivity (Wildman–Crippen MR) is 145 cm³/mol. The Balaban J connectivity index is 1.52. The van der Waals surface area contributed by atoms with Crippen molar-refractivity contribution in [2.24, 2.45) is 5.73 Å². The average molecular weight is 511 g/mol. The van der Waals surface area contributed by atoms with Gasteiger partial charge in [0.2, 0.25) is 5.91 Å². The molecule has 9 heteroatoms. The number of primary amides is 1. The van der Waals surface area contributed by atoms with Crippen LogP contribution in [-0.2, 0) is 19.4 Å². The first-order valence-corrected chi connectivity index (χ1v) is 12.6. The van der Waals surface area contributed by atoms with Crippen molar-refractivity contribution in [3.05, 3.63) is 81.9 Å². The van der Waals surface area contributed by atoms with Crippen molar-refractivity contribution in [2.45, 2.75) is 47.1 Å². The normalized spacial score (nSPS) is 12.8. The van der Waals surface area contributed by atoms with Gasteiger partial charge in [0.05, 0.1) is 29.2 Å². The second kappa shape index (κ2) is 10.1. The minimum atomic E-state index is -0.531.